The molecule has 0 radical (unpaired) electrons. The average molecular weight is 240 g/mol. The van der Waals surface area contributed by atoms with Gasteiger partial charge in [0, 0.05) is 31.7 Å². The number of likely N-dealkylation sites (tertiary alicyclic amines) is 1. The molecular formula is C14H28N2O. The van der Waals surface area contributed by atoms with E-state index in [1.165, 1.54) is 51.7 Å². The van der Waals surface area contributed by atoms with Gasteiger partial charge in [-0.25, -0.2) is 0 Å². The van der Waals surface area contributed by atoms with Crippen LogP contribution in [0, 0.1) is 5.41 Å². The molecule has 17 heavy (non-hydrogen) atoms. The molecule has 0 aromatic rings. The summed E-state index contributed by atoms with van der Waals surface area (Å²) >= 11 is 0. The molecular weight excluding hydrogens is 212 g/mol. The van der Waals surface area contributed by atoms with Crippen LogP contribution in [-0.2, 0) is 4.74 Å². The van der Waals surface area contributed by atoms with Gasteiger partial charge in [-0.05, 0) is 46.3 Å². The molecule has 0 amide bonds. The standard InChI is InChI=1S/C14H28N2O/c1-15(2)13-6-4-9-16(10-13)11-14(12-17-3)7-5-8-14/h13H,4-12H2,1-3H3/t13-/m1/s1. The van der Waals surface area contributed by atoms with Gasteiger partial charge in [0.1, 0.15) is 0 Å². The lowest BCUT2D eigenvalue weighted by atomic mass is 9.69. The highest BCUT2D eigenvalue weighted by molar-refractivity contribution is 4.92. The summed E-state index contributed by atoms with van der Waals surface area (Å²) in [5, 5.41) is 0. The lowest BCUT2D eigenvalue weighted by molar-refractivity contribution is -0.0222. The molecule has 2 rings (SSSR count). The smallest absolute Gasteiger partial charge is 0.0530 e. The third-order valence-corrected chi connectivity index (χ3v) is 4.63. The number of rotatable bonds is 5. The van der Waals surface area contributed by atoms with Crippen molar-refractivity contribution in [1.29, 1.82) is 0 Å². The van der Waals surface area contributed by atoms with Gasteiger partial charge >= 0.3 is 0 Å². The Kier molecular flexibility index (Phi) is 4.45. The first-order valence-electron chi connectivity index (χ1n) is 7.03. The zero-order valence-electron chi connectivity index (χ0n) is 11.7. The third kappa shape index (κ3) is 3.21. The molecule has 100 valence electrons. The fourth-order valence-electron chi connectivity index (χ4n) is 3.40. The van der Waals surface area contributed by atoms with E-state index < -0.39 is 0 Å². The van der Waals surface area contributed by atoms with E-state index in [1.54, 1.807) is 0 Å². The summed E-state index contributed by atoms with van der Waals surface area (Å²) in [6, 6.07) is 0.753. The monoisotopic (exact) mass is 240 g/mol. The molecule has 1 saturated heterocycles. The highest BCUT2D eigenvalue weighted by Crippen LogP contribution is 2.42. The van der Waals surface area contributed by atoms with Crippen molar-refractivity contribution >= 4 is 0 Å². The predicted molar refractivity (Wildman–Crippen MR) is 71.3 cm³/mol. The summed E-state index contributed by atoms with van der Waals surface area (Å²) in [6.45, 7) is 4.75. The number of ether oxygens (including phenoxy) is 1. The van der Waals surface area contributed by atoms with Crippen LogP contribution in [0.2, 0.25) is 0 Å². The summed E-state index contributed by atoms with van der Waals surface area (Å²) < 4.78 is 5.43. The number of hydrogen-bond donors (Lipinski definition) is 0. The fourth-order valence-corrected chi connectivity index (χ4v) is 3.40. The van der Waals surface area contributed by atoms with E-state index in [0.29, 0.717) is 5.41 Å². The molecule has 1 saturated carbocycles. The second-order valence-corrected chi connectivity index (χ2v) is 6.28. The van der Waals surface area contributed by atoms with Gasteiger partial charge in [0.15, 0.2) is 0 Å². The van der Waals surface area contributed by atoms with Crippen LogP contribution in [0.15, 0.2) is 0 Å². The van der Waals surface area contributed by atoms with E-state index in [9.17, 15) is 0 Å². The Balaban J connectivity index is 1.85. The summed E-state index contributed by atoms with van der Waals surface area (Å²) in [7, 11) is 6.27. The summed E-state index contributed by atoms with van der Waals surface area (Å²) in [6.07, 6.45) is 6.84. The van der Waals surface area contributed by atoms with E-state index in [1.807, 2.05) is 7.11 Å². The molecule has 1 aliphatic carbocycles. The molecule has 3 heteroatoms. The fraction of sp³-hybridized carbons (Fsp3) is 1.00. The lowest BCUT2D eigenvalue weighted by Crippen LogP contribution is -2.51. The van der Waals surface area contributed by atoms with Crippen molar-refractivity contribution in [3.63, 3.8) is 0 Å². The van der Waals surface area contributed by atoms with Crippen LogP contribution in [-0.4, -0.2) is 63.3 Å². The van der Waals surface area contributed by atoms with Crippen molar-refractivity contribution in [2.75, 3.05) is 47.4 Å². The first kappa shape index (κ1) is 13.3. The lowest BCUT2D eigenvalue weighted by Gasteiger charge is -2.47. The Hall–Kier alpha value is -0.120. The normalized spacial score (nSPS) is 29.3. The molecule has 1 heterocycles. The van der Waals surface area contributed by atoms with Crippen LogP contribution in [0.3, 0.4) is 0 Å². The van der Waals surface area contributed by atoms with Gasteiger partial charge in [-0.1, -0.05) is 6.42 Å². The molecule has 0 aromatic carbocycles. The van der Waals surface area contributed by atoms with Gasteiger partial charge in [-0.15, -0.1) is 0 Å². The number of methoxy groups -OCH3 is 1. The van der Waals surface area contributed by atoms with Gasteiger partial charge in [0.25, 0.3) is 0 Å². The van der Waals surface area contributed by atoms with Gasteiger partial charge in [-0.3, -0.25) is 0 Å². The topological polar surface area (TPSA) is 15.7 Å². The maximum Gasteiger partial charge on any atom is 0.0530 e. The van der Waals surface area contributed by atoms with Gasteiger partial charge in [0.2, 0.25) is 0 Å². The first-order valence-corrected chi connectivity index (χ1v) is 7.03. The van der Waals surface area contributed by atoms with Crippen LogP contribution in [0.25, 0.3) is 0 Å². The minimum atomic E-state index is 0.489. The van der Waals surface area contributed by atoms with E-state index in [-0.39, 0.29) is 0 Å². The molecule has 3 nitrogen and oxygen atoms in total. The summed E-state index contributed by atoms with van der Waals surface area (Å²) in [4.78, 5) is 5.06. The van der Waals surface area contributed by atoms with E-state index in [2.05, 4.69) is 23.9 Å². The van der Waals surface area contributed by atoms with Gasteiger partial charge < -0.3 is 14.5 Å². The summed E-state index contributed by atoms with van der Waals surface area (Å²) in [5.74, 6) is 0. The maximum absolute atomic E-state index is 5.43. The van der Waals surface area contributed by atoms with Crippen LogP contribution in [0.4, 0.5) is 0 Å². The van der Waals surface area contributed by atoms with Crippen molar-refractivity contribution in [3.8, 4) is 0 Å². The molecule has 0 unspecified atom stereocenters. The van der Waals surface area contributed by atoms with Gasteiger partial charge in [-0.2, -0.15) is 0 Å². The quantitative estimate of drug-likeness (QED) is 0.729. The Morgan fingerprint density at radius 2 is 2.06 bits per heavy atom. The Bertz CT molecular complexity index is 238. The zero-order chi connectivity index (χ0) is 12.3. The molecule has 0 bridgehead atoms. The van der Waals surface area contributed by atoms with Crippen LogP contribution >= 0.6 is 0 Å². The van der Waals surface area contributed by atoms with Crippen molar-refractivity contribution in [1.82, 2.24) is 9.80 Å². The van der Waals surface area contributed by atoms with E-state index in [4.69, 9.17) is 4.74 Å². The zero-order valence-corrected chi connectivity index (χ0v) is 11.7. The second-order valence-electron chi connectivity index (χ2n) is 6.28. The van der Waals surface area contributed by atoms with Crippen LogP contribution in [0.5, 0.6) is 0 Å². The Morgan fingerprint density at radius 3 is 2.59 bits per heavy atom. The van der Waals surface area contributed by atoms with E-state index >= 15 is 0 Å². The van der Waals surface area contributed by atoms with Crippen molar-refractivity contribution in [2.24, 2.45) is 5.41 Å². The number of nitrogens with zero attached hydrogens (tertiary/aromatic N) is 2. The molecule has 1 aliphatic heterocycles. The minimum Gasteiger partial charge on any atom is -0.384 e. The van der Waals surface area contributed by atoms with Crippen molar-refractivity contribution in [3.05, 3.63) is 0 Å². The Morgan fingerprint density at radius 1 is 1.29 bits per heavy atom. The Labute approximate surface area is 106 Å². The molecule has 0 spiro atoms. The highest BCUT2D eigenvalue weighted by atomic mass is 16.5. The highest BCUT2D eigenvalue weighted by Gasteiger charge is 2.39. The number of piperidine rings is 1. The minimum absolute atomic E-state index is 0.489. The molecule has 2 aliphatic rings. The van der Waals surface area contributed by atoms with Crippen LogP contribution < -0.4 is 0 Å². The molecule has 1 atom stereocenters. The number of likely N-dealkylation sites (N-methyl/N-ethyl adjacent to an activating group) is 1. The first-order chi connectivity index (χ1) is 8.15. The largest absolute Gasteiger partial charge is 0.384 e. The molecule has 0 N–H and O–H groups in total. The van der Waals surface area contributed by atoms with Crippen molar-refractivity contribution < 1.29 is 4.74 Å². The number of hydrogen-bond acceptors (Lipinski definition) is 3. The SMILES string of the molecule is COCC1(CN2CCC[C@@H](N(C)C)C2)CCC1. The maximum atomic E-state index is 5.43. The third-order valence-electron chi connectivity index (χ3n) is 4.63. The second kappa shape index (κ2) is 5.68. The van der Waals surface area contributed by atoms with E-state index in [0.717, 1.165) is 12.6 Å². The predicted octanol–water partition coefficient (Wildman–Crippen LogP) is 1.83. The van der Waals surface area contributed by atoms with Crippen molar-refractivity contribution in [2.45, 2.75) is 38.1 Å². The molecule has 0 aromatic heterocycles. The van der Waals surface area contributed by atoms with Crippen LogP contribution in [0.1, 0.15) is 32.1 Å². The molecule has 2 fully saturated rings. The average Bonchev–Trinajstić information content (AvgIpc) is 2.26. The van der Waals surface area contributed by atoms with Gasteiger partial charge in [0.05, 0.1) is 6.61 Å². The summed E-state index contributed by atoms with van der Waals surface area (Å²) in [5.41, 5.74) is 0.489.